The number of hydrogen-bond acceptors (Lipinski definition) is 4. The van der Waals surface area contributed by atoms with Gasteiger partial charge in [0.1, 0.15) is 17.2 Å². The molecule has 0 aliphatic carbocycles. The lowest BCUT2D eigenvalue weighted by atomic mass is 10.3. The van der Waals surface area contributed by atoms with Crippen molar-refractivity contribution in [3.8, 4) is 11.4 Å². The summed E-state index contributed by atoms with van der Waals surface area (Å²) in [6.07, 6.45) is 2.47. The summed E-state index contributed by atoms with van der Waals surface area (Å²) in [4.78, 5) is 35.8. The monoisotopic (exact) mass is 261 g/mol. The molecule has 19 heavy (non-hydrogen) atoms. The Balaban J connectivity index is 2.34. The van der Waals surface area contributed by atoms with Crippen molar-refractivity contribution in [3.05, 3.63) is 45.1 Å². The highest BCUT2D eigenvalue weighted by Crippen LogP contribution is 2.17. The van der Waals surface area contributed by atoms with Gasteiger partial charge in [0.2, 0.25) is 0 Å². The van der Waals surface area contributed by atoms with E-state index in [2.05, 4.69) is 19.9 Å². The van der Waals surface area contributed by atoms with E-state index in [4.69, 9.17) is 0 Å². The van der Waals surface area contributed by atoms with Crippen LogP contribution in [0, 0.1) is 5.82 Å². The summed E-state index contributed by atoms with van der Waals surface area (Å²) in [5.74, 6) is -0.241. The Labute approximate surface area is 104 Å². The quantitative estimate of drug-likeness (QED) is 0.651. The third-order valence-electron chi connectivity index (χ3n) is 2.73. The lowest BCUT2D eigenvalue weighted by molar-refractivity contribution is 0.622. The molecule has 3 aromatic rings. The van der Waals surface area contributed by atoms with Gasteiger partial charge in [0, 0.05) is 18.8 Å². The molecule has 8 heteroatoms. The molecule has 2 N–H and O–H groups in total. The van der Waals surface area contributed by atoms with Crippen LogP contribution in [0.2, 0.25) is 0 Å². The SMILES string of the molecule is Cn1c(=O)[nH]c(=O)c2[nH]c(-c3cncc(F)c3)nc21. The van der Waals surface area contributed by atoms with Gasteiger partial charge in [-0.25, -0.2) is 14.2 Å². The Bertz CT molecular complexity index is 892. The van der Waals surface area contributed by atoms with Crippen LogP contribution in [-0.4, -0.2) is 24.5 Å². The van der Waals surface area contributed by atoms with Crippen LogP contribution in [0.5, 0.6) is 0 Å². The summed E-state index contributed by atoms with van der Waals surface area (Å²) in [5.41, 5.74) is -0.383. The molecule has 3 heterocycles. The van der Waals surface area contributed by atoms with Crippen molar-refractivity contribution in [2.24, 2.45) is 7.05 Å². The first kappa shape index (κ1) is 11.3. The van der Waals surface area contributed by atoms with Crippen molar-refractivity contribution in [1.29, 1.82) is 0 Å². The summed E-state index contributed by atoms with van der Waals surface area (Å²) in [5, 5.41) is 0. The third-order valence-corrected chi connectivity index (χ3v) is 2.73. The number of nitrogens with zero attached hydrogens (tertiary/aromatic N) is 3. The van der Waals surface area contributed by atoms with Crippen LogP contribution in [0.4, 0.5) is 4.39 Å². The summed E-state index contributed by atoms with van der Waals surface area (Å²) >= 11 is 0. The highest BCUT2D eigenvalue weighted by molar-refractivity contribution is 5.74. The normalized spacial score (nSPS) is 11.1. The Kier molecular flexibility index (Phi) is 2.31. The first-order valence-corrected chi connectivity index (χ1v) is 5.36. The van der Waals surface area contributed by atoms with Crippen LogP contribution in [0.1, 0.15) is 0 Å². The van der Waals surface area contributed by atoms with E-state index in [1.807, 2.05) is 0 Å². The molecule has 0 saturated heterocycles. The zero-order valence-electron chi connectivity index (χ0n) is 9.77. The predicted molar refractivity (Wildman–Crippen MR) is 65.1 cm³/mol. The fourth-order valence-corrected chi connectivity index (χ4v) is 1.78. The number of imidazole rings is 1. The van der Waals surface area contributed by atoms with Gasteiger partial charge in [-0.15, -0.1) is 0 Å². The van der Waals surface area contributed by atoms with Crippen molar-refractivity contribution in [3.63, 3.8) is 0 Å². The summed E-state index contributed by atoms with van der Waals surface area (Å²) in [6, 6.07) is 1.23. The molecule has 0 aliphatic rings. The van der Waals surface area contributed by atoms with E-state index in [0.717, 1.165) is 6.20 Å². The third kappa shape index (κ3) is 1.73. The number of aromatic amines is 2. The fourth-order valence-electron chi connectivity index (χ4n) is 1.78. The van der Waals surface area contributed by atoms with Crippen LogP contribution < -0.4 is 11.2 Å². The van der Waals surface area contributed by atoms with E-state index in [0.29, 0.717) is 5.56 Å². The highest BCUT2D eigenvalue weighted by Gasteiger charge is 2.12. The Hall–Kier alpha value is -2.77. The van der Waals surface area contributed by atoms with Gasteiger partial charge in [0.05, 0.1) is 6.20 Å². The smallest absolute Gasteiger partial charge is 0.329 e. The predicted octanol–water partition coefficient (Wildman–Crippen LogP) is 0.151. The lowest BCUT2D eigenvalue weighted by Crippen LogP contribution is -2.28. The average molecular weight is 261 g/mol. The summed E-state index contributed by atoms with van der Waals surface area (Å²) < 4.78 is 14.3. The zero-order valence-corrected chi connectivity index (χ0v) is 9.77. The van der Waals surface area contributed by atoms with E-state index < -0.39 is 17.1 Å². The van der Waals surface area contributed by atoms with E-state index in [1.165, 1.54) is 23.9 Å². The Morgan fingerprint density at radius 2 is 2.05 bits per heavy atom. The van der Waals surface area contributed by atoms with Gasteiger partial charge in [0.15, 0.2) is 5.65 Å². The summed E-state index contributed by atoms with van der Waals surface area (Å²) in [6.45, 7) is 0. The van der Waals surface area contributed by atoms with Crippen LogP contribution in [0.15, 0.2) is 28.0 Å². The summed E-state index contributed by atoms with van der Waals surface area (Å²) in [7, 11) is 1.48. The maximum Gasteiger partial charge on any atom is 0.329 e. The minimum Gasteiger partial charge on any atom is -0.332 e. The van der Waals surface area contributed by atoms with Gasteiger partial charge >= 0.3 is 5.69 Å². The molecule has 0 aliphatic heterocycles. The van der Waals surface area contributed by atoms with Crippen molar-refractivity contribution in [1.82, 2.24) is 24.5 Å². The molecule has 0 bridgehead atoms. The molecule has 7 nitrogen and oxygen atoms in total. The second-order valence-electron chi connectivity index (χ2n) is 3.99. The Morgan fingerprint density at radius 3 is 2.79 bits per heavy atom. The van der Waals surface area contributed by atoms with Crippen LogP contribution in [0.25, 0.3) is 22.6 Å². The van der Waals surface area contributed by atoms with E-state index in [-0.39, 0.29) is 17.0 Å². The standard InChI is InChI=1S/C11H8FN5O2/c1-17-9-7(10(18)16-11(17)19)14-8(15-9)5-2-6(12)4-13-3-5/h2-4H,1H3,(H,14,15)(H,16,18,19). The van der Waals surface area contributed by atoms with Crippen molar-refractivity contribution < 1.29 is 4.39 Å². The number of pyridine rings is 1. The van der Waals surface area contributed by atoms with Crippen molar-refractivity contribution in [2.45, 2.75) is 0 Å². The first-order chi connectivity index (χ1) is 9.06. The molecule has 0 fully saturated rings. The highest BCUT2D eigenvalue weighted by atomic mass is 19.1. The van der Waals surface area contributed by atoms with Gasteiger partial charge in [-0.2, -0.15) is 0 Å². The molecule has 0 atom stereocenters. The first-order valence-electron chi connectivity index (χ1n) is 5.36. The van der Waals surface area contributed by atoms with Gasteiger partial charge in [-0.3, -0.25) is 19.3 Å². The van der Waals surface area contributed by atoms with E-state index in [1.54, 1.807) is 0 Å². The molecule has 0 spiro atoms. The topological polar surface area (TPSA) is 96.4 Å². The van der Waals surface area contributed by atoms with Crippen LogP contribution >= 0.6 is 0 Å². The Morgan fingerprint density at radius 1 is 1.26 bits per heavy atom. The van der Waals surface area contributed by atoms with E-state index >= 15 is 0 Å². The lowest BCUT2D eigenvalue weighted by Gasteiger charge is -1.95. The van der Waals surface area contributed by atoms with Crippen molar-refractivity contribution in [2.75, 3.05) is 0 Å². The number of hydrogen-bond donors (Lipinski definition) is 2. The second kappa shape index (κ2) is 3.87. The van der Waals surface area contributed by atoms with Crippen LogP contribution in [-0.2, 0) is 7.05 Å². The largest absolute Gasteiger partial charge is 0.332 e. The van der Waals surface area contributed by atoms with Crippen LogP contribution in [0.3, 0.4) is 0 Å². The molecular formula is C11H8FN5O2. The van der Waals surface area contributed by atoms with Gasteiger partial charge in [-0.1, -0.05) is 0 Å². The second-order valence-corrected chi connectivity index (χ2v) is 3.99. The fraction of sp³-hybridized carbons (Fsp3) is 0.0909. The number of aromatic nitrogens is 5. The molecule has 3 rings (SSSR count). The van der Waals surface area contributed by atoms with E-state index in [9.17, 15) is 14.0 Å². The maximum atomic E-state index is 13.1. The minimum atomic E-state index is -0.568. The number of halogens is 1. The number of fused-ring (bicyclic) bond motifs is 1. The molecule has 3 aromatic heterocycles. The molecular weight excluding hydrogens is 253 g/mol. The number of aryl methyl sites for hydroxylation is 1. The van der Waals surface area contributed by atoms with Gasteiger partial charge < -0.3 is 4.98 Å². The number of H-pyrrole nitrogens is 2. The molecule has 0 unspecified atom stereocenters. The number of rotatable bonds is 1. The number of nitrogens with one attached hydrogen (secondary N) is 2. The molecule has 0 amide bonds. The van der Waals surface area contributed by atoms with Gasteiger partial charge in [-0.05, 0) is 6.07 Å². The van der Waals surface area contributed by atoms with Crippen molar-refractivity contribution >= 4 is 11.2 Å². The maximum absolute atomic E-state index is 13.1. The molecule has 96 valence electrons. The molecule has 0 saturated carbocycles. The molecule has 0 aromatic carbocycles. The minimum absolute atomic E-state index is 0.154. The average Bonchev–Trinajstić information content (AvgIpc) is 2.82. The zero-order chi connectivity index (χ0) is 13.6. The van der Waals surface area contributed by atoms with Gasteiger partial charge in [0.25, 0.3) is 5.56 Å². The molecule has 0 radical (unpaired) electrons.